The molecule has 0 radical (unpaired) electrons. The SMILES string of the molecule is O=Cc1cc(F)cc(CCO)c1-c1ccccc1. The molecule has 0 unspecified atom stereocenters. The summed E-state index contributed by atoms with van der Waals surface area (Å²) in [5.74, 6) is -0.458. The second kappa shape index (κ2) is 5.56. The monoisotopic (exact) mass is 244 g/mol. The predicted octanol–water partition coefficient (Wildman–Crippen LogP) is 2.84. The summed E-state index contributed by atoms with van der Waals surface area (Å²) in [4.78, 5) is 11.1. The molecular formula is C15H13FO2. The van der Waals surface area contributed by atoms with Gasteiger partial charge < -0.3 is 5.11 Å². The molecule has 1 N–H and O–H groups in total. The number of hydrogen-bond donors (Lipinski definition) is 1. The smallest absolute Gasteiger partial charge is 0.150 e. The molecule has 0 aliphatic rings. The van der Waals surface area contributed by atoms with Crippen LogP contribution in [0.15, 0.2) is 42.5 Å². The molecule has 0 aliphatic carbocycles. The molecule has 0 heterocycles. The van der Waals surface area contributed by atoms with Crippen LogP contribution in [-0.2, 0) is 6.42 Å². The summed E-state index contributed by atoms with van der Waals surface area (Å²) in [6, 6.07) is 11.9. The number of rotatable bonds is 4. The van der Waals surface area contributed by atoms with Crippen LogP contribution in [0.1, 0.15) is 15.9 Å². The van der Waals surface area contributed by atoms with E-state index in [1.54, 1.807) is 0 Å². The Balaban J connectivity index is 2.66. The molecule has 0 saturated heterocycles. The Kier molecular flexibility index (Phi) is 3.85. The lowest BCUT2D eigenvalue weighted by molar-refractivity contribution is 0.112. The van der Waals surface area contributed by atoms with E-state index in [0.29, 0.717) is 29.4 Å². The van der Waals surface area contributed by atoms with Crippen LogP contribution in [0.25, 0.3) is 11.1 Å². The molecule has 2 nitrogen and oxygen atoms in total. The minimum Gasteiger partial charge on any atom is -0.396 e. The third kappa shape index (κ3) is 2.46. The Hall–Kier alpha value is -2.00. The number of aldehydes is 1. The van der Waals surface area contributed by atoms with Gasteiger partial charge in [-0.1, -0.05) is 30.3 Å². The zero-order valence-electron chi connectivity index (χ0n) is 9.77. The van der Waals surface area contributed by atoms with E-state index in [4.69, 9.17) is 5.11 Å². The third-order valence-electron chi connectivity index (χ3n) is 2.79. The Morgan fingerprint density at radius 1 is 1.17 bits per heavy atom. The number of carbonyl (C=O) groups excluding carboxylic acids is 1. The molecule has 0 amide bonds. The van der Waals surface area contributed by atoms with Crippen molar-refractivity contribution in [3.8, 4) is 11.1 Å². The number of halogens is 1. The first kappa shape index (κ1) is 12.5. The van der Waals surface area contributed by atoms with E-state index in [1.165, 1.54) is 12.1 Å². The van der Waals surface area contributed by atoms with Gasteiger partial charge >= 0.3 is 0 Å². The van der Waals surface area contributed by atoms with Gasteiger partial charge in [-0.05, 0) is 35.2 Å². The van der Waals surface area contributed by atoms with Crippen molar-refractivity contribution in [2.75, 3.05) is 6.61 Å². The van der Waals surface area contributed by atoms with Crippen LogP contribution in [0, 0.1) is 5.82 Å². The van der Waals surface area contributed by atoms with E-state index in [9.17, 15) is 9.18 Å². The van der Waals surface area contributed by atoms with Gasteiger partial charge in [0.05, 0.1) is 0 Å². The molecule has 0 aromatic heterocycles. The molecule has 0 saturated carbocycles. The molecule has 18 heavy (non-hydrogen) atoms. The average Bonchev–Trinajstić information content (AvgIpc) is 2.39. The zero-order valence-corrected chi connectivity index (χ0v) is 9.77. The van der Waals surface area contributed by atoms with Crippen molar-refractivity contribution in [2.24, 2.45) is 0 Å². The van der Waals surface area contributed by atoms with Gasteiger partial charge in [0, 0.05) is 12.2 Å². The first-order valence-corrected chi connectivity index (χ1v) is 5.70. The first-order valence-electron chi connectivity index (χ1n) is 5.70. The van der Waals surface area contributed by atoms with Gasteiger partial charge in [0.2, 0.25) is 0 Å². The van der Waals surface area contributed by atoms with Crippen LogP contribution >= 0.6 is 0 Å². The highest BCUT2D eigenvalue weighted by atomic mass is 19.1. The molecule has 3 heteroatoms. The maximum Gasteiger partial charge on any atom is 0.150 e. The van der Waals surface area contributed by atoms with Gasteiger partial charge in [0.15, 0.2) is 6.29 Å². The third-order valence-corrected chi connectivity index (χ3v) is 2.79. The van der Waals surface area contributed by atoms with Crippen molar-refractivity contribution in [3.63, 3.8) is 0 Å². The van der Waals surface area contributed by atoms with E-state index in [1.807, 2.05) is 30.3 Å². The molecule has 0 fully saturated rings. The van der Waals surface area contributed by atoms with Gasteiger partial charge in [0.25, 0.3) is 0 Å². The minimum absolute atomic E-state index is 0.0818. The predicted molar refractivity (Wildman–Crippen MR) is 68.0 cm³/mol. The molecule has 2 aromatic rings. The van der Waals surface area contributed by atoms with Crippen molar-refractivity contribution in [1.82, 2.24) is 0 Å². The largest absolute Gasteiger partial charge is 0.396 e. The highest BCUT2D eigenvalue weighted by Gasteiger charge is 2.12. The number of benzene rings is 2. The van der Waals surface area contributed by atoms with Gasteiger partial charge in [0.1, 0.15) is 5.82 Å². The standard InChI is InChI=1S/C15H13FO2/c16-14-8-12(6-7-17)15(13(9-14)10-18)11-4-2-1-3-5-11/h1-5,8-10,17H,6-7H2. The Bertz CT molecular complexity index is 550. The highest BCUT2D eigenvalue weighted by molar-refractivity contribution is 5.89. The summed E-state index contributed by atoms with van der Waals surface area (Å²) in [5.41, 5.74) is 2.50. The van der Waals surface area contributed by atoms with E-state index in [0.717, 1.165) is 5.56 Å². The number of aliphatic hydroxyl groups excluding tert-OH is 1. The fourth-order valence-electron chi connectivity index (χ4n) is 2.05. The van der Waals surface area contributed by atoms with E-state index in [-0.39, 0.29) is 6.61 Å². The molecule has 0 atom stereocenters. The Morgan fingerprint density at radius 3 is 2.50 bits per heavy atom. The van der Waals surface area contributed by atoms with Gasteiger partial charge in [-0.2, -0.15) is 0 Å². The van der Waals surface area contributed by atoms with Crippen LogP contribution in [0.2, 0.25) is 0 Å². The average molecular weight is 244 g/mol. The van der Waals surface area contributed by atoms with Crippen molar-refractivity contribution in [2.45, 2.75) is 6.42 Å². The second-order valence-corrected chi connectivity index (χ2v) is 3.99. The van der Waals surface area contributed by atoms with Crippen molar-refractivity contribution >= 4 is 6.29 Å². The van der Waals surface area contributed by atoms with Gasteiger partial charge in [-0.25, -0.2) is 4.39 Å². The zero-order chi connectivity index (χ0) is 13.0. The summed E-state index contributed by atoms with van der Waals surface area (Å²) < 4.78 is 13.4. The summed E-state index contributed by atoms with van der Waals surface area (Å²) >= 11 is 0. The van der Waals surface area contributed by atoms with Crippen molar-refractivity contribution < 1.29 is 14.3 Å². The summed E-state index contributed by atoms with van der Waals surface area (Å²) in [6.07, 6.45) is 0.967. The van der Waals surface area contributed by atoms with Crippen LogP contribution < -0.4 is 0 Å². The summed E-state index contributed by atoms with van der Waals surface area (Å²) in [7, 11) is 0. The first-order chi connectivity index (χ1) is 8.76. The number of carbonyl (C=O) groups is 1. The molecule has 2 aromatic carbocycles. The molecule has 0 bridgehead atoms. The fraction of sp³-hybridized carbons (Fsp3) is 0.133. The lowest BCUT2D eigenvalue weighted by atomic mass is 9.93. The number of aliphatic hydroxyl groups is 1. The van der Waals surface area contributed by atoms with E-state index in [2.05, 4.69) is 0 Å². The van der Waals surface area contributed by atoms with Crippen molar-refractivity contribution in [3.05, 3.63) is 59.4 Å². The van der Waals surface area contributed by atoms with Gasteiger partial charge in [-0.15, -0.1) is 0 Å². The van der Waals surface area contributed by atoms with Crippen LogP contribution in [0.4, 0.5) is 4.39 Å². The lowest BCUT2D eigenvalue weighted by Gasteiger charge is -2.12. The Morgan fingerprint density at radius 2 is 1.89 bits per heavy atom. The van der Waals surface area contributed by atoms with Crippen molar-refractivity contribution in [1.29, 1.82) is 0 Å². The second-order valence-electron chi connectivity index (χ2n) is 3.99. The molecule has 92 valence electrons. The van der Waals surface area contributed by atoms with Crippen LogP contribution in [-0.4, -0.2) is 18.0 Å². The maximum absolute atomic E-state index is 13.4. The summed E-state index contributed by atoms with van der Waals surface area (Å²) in [5, 5.41) is 9.03. The van der Waals surface area contributed by atoms with E-state index >= 15 is 0 Å². The van der Waals surface area contributed by atoms with Gasteiger partial charge in [-0.3, -0.25) is 4.79 Å². The lowest BCUT2D eigenvalue weighted by Crippen LogP contribution is -2.00. The van der Waals surface area contributed by atoms with Crippen LogP contribution in [0.5, 0.6) is 0 Å². The quantitative estimate of drug-likeness (QED) is 0.840. The molecule has 0 aliphatic heterocycles. The molecule has 0 spiro atoms. The number of hydrogen-bond acceptors (Lipinski definition) is 2. The fourth-order valence-corrected chi connectivity index (χ4v) is 2.05. The van der Waals surface area contributed by atoms with E-state index < -0.39 is 5.82 Å². The highest BCUT2D eigenvalue weighted by Crippen LogP contribution is 2.28. The summed E-state index contributed by atoms with van der Waals surface area (Å²) in [6.45, 7) is -0.0818. The molecular weight excluding hydrogens is 231 g/mol. The normalized spacial score (nSPS) is 10.3. The minimum atomic E-state index is -0.458. The molecule has 2 rings (SSSR count). The maximum atomic E-state index is 13.4. The Labute approximate surface area is 105 Å². The topological polar surface area (TPSA) is 37.3 Å². The van der Waals surface area contributed by atoms with Crippen LogP contribution in [0.3, 0.4) is 0 Å².